The van der Waals surface area contributed by atoms with Crippen molar-refractivity contribution in [3.8, 4) is 34.8 Å². The molecule has 5 amide bonds. The van der Waals surface area contributed by atoms with E-state index in [2.05, 4.69) is 31.6 Å². The number of anilines is 4. The zero-order chi connectivity index (χ0) is 45.1. The summed E-state index contributed by atoms with van der Waals surface area (Å²) in [5, 5.41) is 61.9. The molecule has 9 N–H and O–H groups in total. The molecule has 316 valence electrons. The van der Waals surface area contributed by atoms with Crippen LogP contribution in [0.15, 0.2) is 96.7 Å². The topological polar surface area (TPSA) is 299 Å². The van der Waals surface area contributed by atoms with E-state index in [0.717, 1.165) is 13.2 Å². The molecule has 0 spiro atoms. The number of aromatic nitrogens is 1. The van der Waals surface area contributed by atoms with Crippen molar-refractivity contribution in [3.63, 3.8) is 0 Å². The van der Waals surface area contributed by atoms with Crippen LogP contribution in [0, 0.1) is 11.3 Å². The van der Waals surface area contributed by atoms with Crippen molar-refractivity contribution in [2.75, 3.05) is 35.5 Å². The number of nitrogens with zero attached hydrogens (tertiary/aromatic N) is 2. The highest BCUT2D eigenvalue weighted by atomic mass is 16.5. The second kappa shape index (κ2) is 19.7. The molecule has 0 aliphatic heterocycles. The predicted molar refractivity (Wildman–Crippen MR) is 223 cm³/mol. The molecule has 0 fully saturated rings. The Balaban J connectivity index is 1.18. The van der Waals surface area contributed by atoms with E-state index in [9.17, 15) is 54.5 Å². The number of nitriles is 1. The standard InChI is InChI=1S/C43H37N7O12/c1-22(20-23-4-11-27(51)12-5-23)38(54)47-26-10-15-32(45-21-26)41(57)50-33(18-19-44)42(58)46-25-8-6-24(7-9-25)39(55)48-30-16-13-28(34(52)36(30)61-2)40(56)49-31-17-14-29(43(59)60)35(53)37(31)62-3/h4-17,20-21,33,51-53H,18H2,1-3H3,(H,46,58)(H,47,54)(H,48,55)(H,49,56)(H,50,57)(H,59,60). The predicted octanol–water partition coefficient (Wildman–Crippen LogP) is 5.11. The maximum absolute atomic E-state index is 13.2. The Morgan fingerprint density at radius 3 is 1.85 bits per heavy atom. The Morgan fingerprint density at radius 2 is 1.29 bits per heavy atom. The van der Waals surface area contributed by atoms with Crippen LogP contribution in [-0.2, 0) is 9.59 Å². The molecule has 0 bridgehead atoms. The molecule has 1 aromatic heterocycles. The van der Waals surface area contributed by atoms with Gasteiger partial charge in [0.05, 0.1) is 55.5 Å². The Hall–Kier alpha value is -8.92. The van der Waals surface area contributed by atoms with Gasteiger partial charge in [-0.1, -0.05) is 12.1 Å². The number of carboxylic acid groups (broad SMARTS) is 1. The fraction of sp³-hybridized carbons (Fsp3) is 0.116. The molecule has 1 atom stereocenters. The van der Waals surface area contributed by atoms with Gasteiger partial charge in [-0.3, -0.25) is 24.0 Å². The molecule has 0 saturated heterocycles. The average Bonchev–Trinajstić information content (AvgIpc) is 3.24. The SMILES string of the molecule is COc1c(NC(=O)c2ccc(NC(=O)c3ccc(NC(=O)C(CC#N)NC(=O)c4ccc(NC(=O)C(C)=Cc5ccc(O)cc5)cn4)cc3)c(OC)c2O)ccc(C(=O)O)c1O. The molecule has 1 unspecified atom stereocenters. The Bertz CT molecular complexity index is 2620. The normalized spacial score (nSPS) is 11.2. The lowest BCUT2D eigenvalue weighted by molar-refractivity contribution is -0.118. The minimum atomic E-state index is -1.43. The van der Waals surface area contributed by atoms with Crippen LogP contribution >= 0.6 is 0 Å². The number of amides is 5. The summed E-state index contributed by atoms with van der Waals surface area (Å²) in [6.45, 7) is 1.60. The lowest BCUT2D eigenvalue weighted by Crippen LogP contribution is -2.43. The number of aromatic hydroxyl groups is 3. The number of rotatable bonds is 15. The minimum absolute atomic E-state index is 0.0249. The number of pyridine rings is 1. The number of hydrogen-bond acceptors (Lipinski definition) is 13. The number of ether oxygens (including phenoxy) is 2. The summed E-state index contributed by atoms with van der Waals surface area (Å²) in [6.07, 6.45) is 2.48. The lowest BCUT2D eigenvalue weighted by atomic mass is 10.1. The molecule has 19 nitrogen and oxygen atoms in total. The molecule has 0 aliphatic carbocycles. The van der Waals surface area contributed by atoms with E-state index in [1.54, 1.807) is 25.1 Å². The van der Waals surface area contributed by atoms with Crippen molar-refractivity contribution in [3.05, 3.63) is 125 Å². The maximum atomic E-state index is 13.2. The zero-order valence-corrected chi connectivity index (χ0v) is 33.0. The number of phenolic OH excluding ortho intramolecular Hbond substituents is 2. The van der Waals surface area contributed by atoms with Crippen molar-refractivity contribution >= 4 is 64.3 Å². The summed E-state index contributed by atoms with van der Waals surface area (Å²) in [4.78, 5) is 80.5. The highest BCUT2D eigenvalue weighted by molar-refractivity contribution is 6.11. The first-order valence-corrected chi connectivity index (χ1v) is 18.1. The van der Waals surface area contributed by atoms with Gasteiger partial charge < -0.3 is 56.5 Å². The molecule has 0 radical (unpaired) electrons. The molecule has 5 rings (SSSR count). The summed E-state index contributed by atoms with van der Waals surface area (Å²) < 4.78 is 10.3. The number of aromatic carboxylic acids is 1. The third-order valence-corrected chi connectivity index (χ3v) is 8.86. The number of carboxylic acids is 1. The van der Waals surface area contributed by atoms with E-state index in [4.69, 9.17) is 9.47 Å². The molecule has 4 aromatic carbocycles. The number of carbonyl (C=O) groups excluding carboxylic acids is 5. The molecule has 1 heterocycles. The number of nitrogens with one attached hydrogen (secondary N) is 5. The molecular formula is C43H37N7O12. The van der Waals surface area contributed by atoms with Gasteiger partial charge in [-0.15, -0.1) is 0 Å². The van der Waals surface area contributed by atoms with Gasteiger partial charge in [0, 0.05) is 16.8 Å². The summed E-state index contributed by atoms with van der Waals surface area (Å²) in [7, 11) is 2.34. The zero-order valence-electron chi connectivity index (χ0n) is 33.0. The van der Waals surface area contributed by atoms with Gasteiger partial charge in [0.2, 0.25) is 5.91 Å². The van der Waals surface area contributed by atoms with E-state index >= 15 is 0 Å². The van der Waals surface area contributed by atoms with Gasteiger partial charge in [0.15, 0.2) is 23.0 Å². The van der Waals surface area contributed by atoms with Gasteiger partial charge in [-0.2, -0.15) is 5.26 Å². The van der Waals surface area contributed by atoms with E-state index in [1.165, 1.54) is 80.0 Å². The monoisotopic (exact) mass is 843 g/mol. The van der Waals surface area contributed by atoms with Crippen molar-refractivity contribution in [2.24, 2.45) is 0 Å². The smallest absolute Gasteiger partial charge is 0.339 e. The van der Waals surface area contributed by atoms with Crippen molar-refractivity contribution in [2.45, 2.75) is 19.4 Å². The molecule has 19 heteroatoms. The van der Waals surface area contributed by atoms with Crippen LogP contribution in [0.3, 0.4) is 0 Å². The van der Waals surface area contributed by atoms with Crippen LogP contribution in [0.1, 0.15) is 60.5 Å². The van der Waals surface area contributed by atoms with E-state index in [0.29, 0.717) is 16.8 Å². The summed E-state index contributed by atoms with van der Waals surface area (Å²) in [5.41, 5.74) is 0.670. The van der Waals surface area contributed by atoms with Crippen molar-refractivity contribution in [1.82, 2.24) is 10.3 Å². The fourth-order valence-corrected chi connectivity index (χ4v) is 5.68. The maximum Gasteiger partial charge on any atom is 0.339 e. The van der Waals surface area contributed by atoms with Crippen LogP contribution in [-0.4, -0.2) is 81.2 Å². The number of phenols is 3. The molecular weight excluding hydrogens is 807 g/mol. The molecule has 5 aromatic rings. The number of methoxy groups -OCH3 is 2. The van der Waals surface area contributed by atoms with Gasteiger partial charge >= 0.3 is 5.97 Å². The van der Waals surface area contributed by atoms with E-state index < -0.39 is 65.0 Å². The second-order valence-corrected chi connectivity index (χ2v) is 13.1. The van der Waals surface area contributed by atoms with Crippen molar-refractivity contribution < 1.29 is 58.7 Å². The third-order valence-electron chi connectivity index (χ3n) is 8.86. The number of carbonyl (C=O) groups is 6. The van der Waals surface area contributed by atoms with E-state index in [1.807, 2.05) is 6.07 Å². The van der Waals surface area contributed by atoms with Crippen LogP contribution in [0.5, 0.6) is 28.7 Å². The fourth-order valence-electron chi connectivity index (χ4n) is 5.68. The van der Waals surface area contributed by atoms with Gasteiger partial charge in [-0.25, -0.2) is 9.78 Å². The summed E-state index contributed by atoms with van der Waals surface area (Å²) in [6, 6.07) is 19.8. The quantitative estimate of drug-likeness (QED) is 0.0619. The lowest BCUT2D eigenvalue weighted by Gasteiger charge is -2.17. The molecule has 0 aliphatic rings. The highest BCUT2D eigenvalue weighted by Crippen LogP contribution is 2.40. The highest BCUT2D eigenvalue weighted by Gasteiger charge is 2.25. The van der Waals surface area contributed by atoms with Crippen LogP contribution in [0.2, 0.25) is 0 Å². The van der Waals surface area contributed by atoms with Gasteiger partial charge in [0.1, 0.15) is 23.0 Å². The minimum Gasteiger partial charge on any atom is -0.508 e. The van der Waals surface area contributed by atoms with Crippen molar-refractivity contribution in [1.29, 1.82) is 5.26 Å². The average molecular weight is 844 g/mol. The Morgan fingerprint density at radius 1 is 0.710 bits per heavy atom. The van der Waals surface area contributed by atoms with E-state index in [-0.39, 0.29) is 51.1 Å². The first-order valence-electron chi connectivity index (χ1n) is 18.1. The number of benzene rings is 4. The van der Waals surface area contributed by atoms with Crippen LogP contribution in [0.4, 0.5) is 22.7 Å². The summed E-state index contributed by atoms with van der Waals surface area (Å²) >= 11 is 0. The van der Waals surface area contributed by atoms with Crippen LogP contribution < -0.4 is 36.1 Å². The molecule has 0 saturated carbocycles. The summed E-state index contributed by atoms with van der Waals surface area (Å²) in [5.74, 6) is -6.84. The largest absolute Gasteiger partial charge is 0.508 e. The van der Waals surface area contributed by atoms with Gasteiger partial charge in [0.25, 0.3) is 23.6 Å². The second-order valence-electron chi connectivity index (χ2n) is 13.1. The van der Waals surface area contributed by atoms with Gasteiger partial charge in [-0.05, 0) is 91.4 Å². The number of hydrogen-bond donors (Lipinski definition) is 9. The first-order chi connectivity index (χ1) is 29.6. The molecule has 62 heavy (non-hydrogen) atoms. The first kappa shape index (κ1) is 44.2. The Labute approximate surface area is 352 Å². The third kappa shape index (κ3) is 10.6. The van der Waals surface area contributed by atoms with Crippen LogP contribution in [0.25, 0.3) is 6.08 Å². The Kier molecular flexibility index (Phi) is 14.0.